The molecule has 1 N–H and O–H groups in total. The highest BCUT2D eigenvalue weighted by Gasteiger charge is 2.05. The SMILES string of the molecule is COc1cc(/C=C/C(=O)NOCc2ccccc2)ccc1OCC#N. The van der Waals surface area contributed by atoms with Gasteiger partial charge >= 0.3 is 0 Å². The summed E-state index contributed by atoms with van der Waals surface area (Å²) >= 11 is 0. The number of hydroxylamine groups is 1. The number of ether oxygens (including phenoxy) is 2. The molecule has 128 valence electrons. The Hall–Kier alpha value is -3.30. The van der Waals surface area contributed by atoms with E-state index in [0.29, 0.717) is 18.1 Å². The summed E-state index contributed by atoms with van der Waals surface area (Å²) in [5, 5.41) is 8.55. The number of carbonyl (C=O) groups excluding carboxylic acids is 1. The average Bonchev–Trinajstić information content (AvgIpc) is 2.65. The van der Waals surface area contributed by atoms with Crippen LogP contribution in [0.15, 0.2) is 54.6 Å². The lowest BCUT2D eigenvalue weighted by Gasteiger charge is -2.08. The van der Waals surface area contributed by atoms with E-state index in [-0.39, 0.29) is 12.5 Å². The summed E-state index contributed by atoms with van der Waals surface area (Å²) in [4.78, 5) is 16.9. The third-order valence-corrected chi connectivity index (χ3v) is 3.16. The van der Waals surface area contributed by atoms with Gasteiger partial charge in [0.05, 0.1) is 13.7 Å². The van der Waals surface area contributed by atoms with E-state index in [4.69, 9.17) is 19.6 Å². The number of hydrogen-bond donors (Lipinski definition) is 1. The highest BCUT2D eigenvalue weighted by Crippen LogP contribution is 2.28. The number of amides is 1. The molecule has 0 spiro atoms. The van der Waals surface area contributed by atoms with Crippen molar-refractivity contribution in [2.45, 2.75) is 6.61 Å². The Morgan fingerprint density at radius 1 is 1.20 bits per heavy atom. The molecule has 2 rings (SSSR count). The summed E-state index contributed by atoms with van der Waals surface area (Å²) in [5.41, 5.74) is 4.06. The van der Waals surface area contributed by atoms with Crippen LogP contribution in [-0.2, 0) is 16.2 Å². The third kappa shape index (κ3) is 6.01. The highest BCUT2D eigenvalue weighted by atomic mass is 16.6. The van der Waals surface area contributed by atoms with Gasteiger partial charge < -0.3 is 9.47 Å². The molecule has 6 heteroatoms. The number of carbonyl (C=O) groups is 1. The first-order chi connectivity index (χ1) is 12.2. The van der Waals surface area contributed by atoms with Crippen molar-refractivity contribution < 1.29 is 19.1 Å². The lowest BCUT2D eigenvalue weighted by Crippen LogP contribution is -2.21. The number of hydrogen-bond acceptors (Lipinski definition) is 5. The molecule has 0 atom stereocenters. The van der Waals surface area contributed by atoms with Crippen LogP contribution in [0.3, 0.4) is 0 Å². The maximum Gasteiger partial charge on any atom is 0.267 e. The topological polar surface area (TPSA) is 80.6 Å². The zero-order chi connectivity index (χ0) is 17.9. The van der Waals surface area contributed by atoms with Crippen LogP contribution in [-0.4, -0.2) is 19.6 Å². The smallest absolute Gasteiger partial charge is 0.267 e. The molecule has 0 aromatic heterocycles. The Bertz CT molecular complexity index is 767. The van der Waals surface area contributed by atoms with Crippen LogP contribution < -0.4 is 15.0 Å². The van der Waals surface area contributed by atoms with E-state index in [1.165, 1.54) is 13.2 Å². The molecule has 25 heavy (non-hydrogen) atoms. The molecule has 0 aliphatic rings. The predicted molar refractivity (Wildman–Crippen MR) is 92.5 cm³/mol. The van der Waals surface area contributed by atoms with Gasteiger partial charge in [0.1, 0.15) is 6.07 Å². The zero-order valence-electron chi connectivity index (χ0n) is 13.8. The van der Waals surface area contributed by atoms with E-state index < -0.39 is 0 Å². The van der Waals surface area contributed by atoms with Gasteiger partial charge in [-0.2, -0.15) is 5.26 Å². The lowest BCUT2D eigenvalue weighted by molar-refractivity contribution is -0.129. The quantitative estimate of drug-likeness (QED) is 0.591. The van der Waals surface area contributed by atoms with Crippen LogP contribution in [0.2, 0.25) is 0 Å². The molecule has 2 aromatic carbocycles. The van der Waals surface area contributed by atoms with Gasteiger partial charge in [0.2, 0.25) is 0 Å². The highest BCUT2D eigenvalue weighted by molar-refractivity contribution is 5.91. The van der Waals surface area contributed by atoms with Crippen molar-refractivity contribution in [3.05, 3.63) is 65.7 Å². The maximum atomic E-state index is 11.8. The minimum atomic E-state index is -0.375. The van der Waals surface area contributed by atoms with E-state index in [1.807, 2.05) is 36.4 Å². The summed E-state index contributed by atoms with van der Waals surface area (Å²) < 4.78 is 10.5. The van der Waals surface area contributed by atoms with Crippen LogP contribution in [0.25, 0.3) is 6.08 Å². The first-order valence-corrected chi connectivity index (χ1v) is 7.54. The van der Waals surface area contributed by atoms with Gasteiger partial charge in [-0.25, -0.2) is 5.48 Å². The number of rotatable bonds is 8. The van der Waals surface area contributed by atoms with E-state index in [0.717, 1.165) is 11.1 Å². The van der Waals surface area contributed by atoms with E-state index >= 15 is 0 Å². The molecule has 1 amide bonds. The number of nitrogens with one attached hydrogen (secondary N) is 1. The molecule has 0 fully saturated rings. The Morgan fingerprint density at radius 3 is 2.72 bits per heavy atom. The van der Waals surface area contributed by atoms with Gasteiger partial charge in [-0.1, -0.05) is 36.4 Å². The van der Waals surface area contributed by atoms with Gasteiger partial charge in [-0.05, 0) is 29.3 Å². The predicted octanol–water partition coefficient (Wildman–Crippen LogP) is 2.86. The Morgan fingerprint density at radius 2 is 2.00 bits per heavy atom. The molecule has 0 aliphatic heterocycles. The Labute approximate surface area is 146 Å². The van der Waals surface area contributed by atoms with E-state index in [9.17, 15) is 4.79 Å². The van der Waals surface area contributed by atoms with Gasteiger partial charge in [0.15, 0.2) is 18.1 Å². The van der Waals surface area contributed by atoms with Gasteiger partial charge in [0, 0.05) is 6.08 Å². The fourth-order valence-electron chi connectivity index (χ4n) is 1.99. The Kier molecular flexibility index (Phi) is 7.04. The van der Waals surface area contributed by atoms with Crippen molar-refractivity contribution in [3.63, 3.8) is 0 Å². The summed E-state index contributed by atoms with van der Waals surface area (Å²) in [5.74, 6) is 0.578. The normalized spacial score (nSPS) is 10.2. The monoisotopic (exact) mass is 338 g/mol. The molecule has 0 unspecified atom stereocenters. The molecular formula is C19H18N2O4. The second kappa shape index (κ2) is 9.75. The maximum absolute atomic E-state index is 11.8. The largest absolute Gasteiger partial charge is 0.493 e. The van der Waals surface area contributed by atoms with Crippen LogP contribution in [0.1, 0.15) is 11.1 Å². The zero-order valence-corrected chi connectivity index (χ0v) is 13.8. The summed E-state index contributed by atoms with van der Waals surface area (Å²) in [6.45, 7) is 0.228. The second-order valence-corrected chi connectivity index (χ2v) is 4.93. The Balaban J connectivity index is 1.87. The first kappa shape index (κ1) is 18.0. The van der Waals surface area contributed by atoms with Crippen molar-refractivity contribution in [3.8, 4) is 17.6 Å². The molecule has 0 aliphatic carbocycles. The second-order valence-electron chi connectivity index (χ2n) is 4.93. The van der Waals surface area contributed by atoms with E-state index in [1.54, 1.807) is 24.3 Å². The number of methoxy groups -OCH3 is 1. The number of benzene rings is 2. The molecule has 0 radical (unpaired) electrons. The molecule has 0 saturated heterocycles. The van der Waals surface area contributed by atoms with Crippen molar-refractivity contribution in [2.24, 2.45) is 0 Å². The summed E-state index contributed by atoms with van der Waals surface area (Å²) in [6, 6.07) is 16.6. The van der Waals surface area contributed by atoms with Gasteiger partial charge in [-0.15, -0.1) is 0 Å². The molecule has 2 aromatic rings. The molecule has 0 bridgehead atoms. The summed E-state index contributed by atoms with van der Waals surface area (Å²) in [7, 11) is 1.51. The standard InChI is InChI=1S/C19H18N2O4/c1-23-18-13-15(7-9-17(18)24-12-11-20)8-10-19(22)21-25-14-16-5-3-2-4-6-16/h2-10,13H,12,14H2,1H3,(H,21,22)/b10-8+. The summed E-state index contributed by atoms with van der Waals surface area (Å²) in [6.07, 6.45) is 2.98. The number of nitrogens with zero attached hydrogens (tertiary/aromatic N) is 1. The fourth-order valence-corrected chi connectivity index (χ4v) is 1.99. The molecule has 0 heterocycles. The van der Waals surface area contributed by atoms with Crippen molar-refractivity contribution >= 4 is 12.0 Å². The van der Waals surface area contributed by atoms with Crippen molar-refractivity contribution in [1.29, 1.82) is 5.26 Å². The van der Waals surface area contributed by atoms with Crippen LogP contribution in [0.5, 0.6) is 11.5 Å². The minimum Gasteiger partial charge on any atom is -0.493 e. The van der Waals surface area contributed by atoms with Gasteiger partial charge in [-0.3, -0.25) is 9.63 Å². The van der Waals surface area contributed by atoms with Crippen molar-refractivity contribution in [1.82, 2.24) is 5.48 Å². The third-order valence-electron chi connectivity index (χ3n) is 3.16. The van der Waals surface area contributed by atoms with Crippen LogP contribution >= 0.6 is 0 Å². The lowest BCUT2D eigenvalue weighted by atomic mass is 10.2. The first-order valence-electron chi connectivity index (χ1n) is 7.54. The average molecular weight is 338 g/mol. The van der Waals surface area contributed by atoms with Crippen LogP contribution in [0.4, 0.5) is 0 Å². The molecular weight excluding hydrogens is 320 g/mol. The van der Waals surface area contributed by atoms with Gasteiger partial charge in [0.25, 0.3) is 5.91 Å². The van der Waals surface area contributed by atoms with Crippen LogP contribution in [0, 0.1) is 11.3 Å². The van der Waals surface area contributed by atoms with Crippen molar-refractivity contribution in [2.75, 3.05) is 13.7 Å². The molecule has 6 nitrogen and oxygen atoms in total. The van der Waals surface area contributed by atoms with E-state index in [2.05, 4.69) is 5.48 Å². The minimum absolute atomic E-state index is 0.0628. The number of nitriles is 1. The fraction of sp³-hybridized carbons (Fsp3) is 0.158. The molecule has 0 saturated carbocycles.